The average molecular weight is 315 g/mol. The number of hydrogen-bond donors (Lipinski definition) is 1. The van der Waals surface area contributed by atoms with Crippen LogP contribution in [0.2, 0.25) is 0 Å². The van der Waals surface area contributed by atoms with Crippen LogP contribution in [0.5, 0.6) is 0 Å². The minimum absolute atomic E-state index is 0.0263. The summed E-state index contributed by atoms with van der Waals surface area (Å²) in [5.74, 6) is -0.159. The molecule has 2 aromatic rings. The van der Waals surface area contributed by atoms with Gasteiger partial charge in [0.05, 0.1) is 25.3 Å². The fourth-order valence-corrected chi connectivity index (χ4v) is 3.47. The van der Waals surface area contributed by atoms with E-state index in [1.807, 2.05) is 0 Å². The van der Waals surface area contributed by atoms with Crippen LogP contribution < -0.4 is 5.32 Å². The maximum Gasteiger partial charge on any atom is 0.272 e. The number of amides is 1. The van der Waals surface area contributed by atoms with Crippen LogP contribution in [0.1, 0.15) is 29.8 Å². The molecule has 7 nitrogen and oxygen atoms in total. The zero-order chi connectivity index (χ0) is 15.6. The molecular formula is C16H21N5O2. The first-order valence-corrected chi connectivity index (χ1v) is 8.24. The third-order valence-corrected chi connectivity index (χ3v) is 4.70. The van der Waals surface area contributed by atoms with Crippen molar-refractivity contribution in [1.29, 1.82) is 0 Å². The minimum atomic E-state index is -0.159. The lowest BCUT2D eigenvalue weighted by Gasteiger charge is -2.34. The highest BCUT2D eigenvalue weighted by Crippen LogP contribution is 2.19. The number of nitrogens with zero attached hydrogens (tertiary/aromatic N) is 4. The third-order valence-electron chi connectivity index (χ3n) is 4.70. The number of carbonyl (C=O) groups excluding carboxylic acids is 1. The van der Waals surface area contributed by atoms with Crippen LogP contribution in [0.15, 0.2) is 24.5 Å². The second-order valence-electron chi connectivity index (χ2n) is 6.23. The summed E-state index contributed by atoms with van der Waals surface area (Å²) >= 11 is 0. The van der Waals surface area contributed by atoms with Gasteiger partial charge < -0.3 is 10.1 Å². The van der Waals surface area contributed by atoms with E-state index >= 15 is 0 Å². The highest BCUT2D eigenvalue weighted by molar-refractivity contribution is 5.93. The summed E-state index contributed by atoms with van der Waals surface area (Å²) in [7, 11) is 0. The summed E-state index contributed by atoms with van der Waals surface area (Å²) in [5.41, 5.74) is 1.07. The molecule has 7 heteroatoms. The molecule has 2 fully saturated rings. The van der Waals surface area contributed by atoms with Crippen LogP contribution in [0.3, 0.4) is 0 Å². The van der Waals surface area contributed by atoms with Gasteiger partial charge >= 0.3 is 0 Å². The molecule has 0 bridgehead atoms. The van der Waals surface area contributed by atoms with Crippen LogP contribution in [-0.4, -0.2) is 63.8 Å². The van der Waals surface area contributed by atoms with Gasteiger partial charge in [0, 0.05) is 18.5 Å². The molecule has 1 N–H and O–H groups in total. The van der Waals surface area contributed by atoms with Gasteiger partial charge in [0.25, 0.3) is 5.91 Å². The Balaban J connectivity index is 1.46. The van der Waals surface area contributed by atoms with Gasteiger partial charge in [0.15, 0.2) is 11.3 Å². The largest absolute Gasteiger partial charge is 0.378 e. The van der Waals surface area contributed by atoms with Gasteiger partial charge in [-0.05, 0) is 32.0 Å². The van der Waals surface area contributed by atoms with E-state index in [0.29, 0.717) is 24.6 Å². The number of fused-ring (bicyclic) bond motifs is 1. The van der Waals surface area contributed by atoms with Gasteiger partial charge in [0.2, 0.25) is 0 Å². The second-order valence-corrected chi connectivity index (χ2v) is 6.23. The number of rotatable bonds is 3. The lowest BCUT2D eigenvalue weighted by Crippen LogP contribution is -2.52. The molecule has 23 heavy (non-hydrogen) atoms. The van der Waals surface area contributed by atoms with Crippen molar-refractivity contribution < 1.29 is 9.53 Å². The maximum absolute atomic E-state index is 12.5. The average Bonchev–Trinajstić information content (AvgIpc) is 3.22. The monoisotopic (exact) mass is 315 g/mol. The standard InChI is InChI=1S/C16H21N5O2/c22-16(12-9-15-17-5-4-8-21(15)19-12)18-13-10-23-11-14(13)20-6-2-1-3-7-20/h4-5,8-9,13-14H,1-3,6-7,10-11H2,(H,18,22)/t13-,14-/m0/s1. The molecule has 2 aromatic heterocycles. The molecule has 0 radical (unpaired) electrons. The Morgan fingerprint density at radius 1 is 1.26 bits per heavy atom. The number of nitrogens with one attached hydrogen (secondary N) is 1. The Bertz CT molecular complexity index is 662. The lowest BCUT2D eigenvalue weighted by molar-refractivity contribution is 0.0894. The molecule has 4 heterocycles. The van der Waals surface area contributed by atoms with Crippen LogP contribution in [0.25, 0.3) is 5.65 Å². The van der Waals surface area contributed by atoms with Crippen LogP contribution in [0.4, 0.5) is 0 Å². The first kappa shape index (κ1) is 14.6. The van der Waals surface area contributed by atoms with Gasteiger partial charge in [0.1, 0.15) is 0 Å². The molecule has 0 unspecified atom stereocenters. The van der Waals surface area contributed by atoms with E-state index < -0.39 is 0 Å². The topological polar surface area (TPSA) is 71.8 Å². The van der Waals surface area contributed by atoms with Gasteiger partial charge in [-0.25, -0.2) is 9.50 Å². The third kappa shape index (κ3) is 2.94. The summed E-state index contributed by atoms with van der Waals surface area (Å²) in [4.78, 5) is 19.2. The van der Waals surface area contributed by atoms with Gasteiger partial charge in [-0.15, -0.1) is 0 Å². The number of ether oxygens (including phenoxy) is 1. The van der Waals surface area contributed by atoms with Crippen molar-refractivity contribution in [3.8, 4) is 0 Å². The van der Waals surface area contributed by atoms with E-state index in [-0.39, 0.29) is 18.0 Å². The van der Waals surface area contributed by atoms with Crippen molar-refractivity contribution in [2.24, 2.45) is 0 Å². The molecule has 1 amide bonds. The molecule has 2 saturated heterocycles. The van der Waals surface area contributed by atoms with E-state index in [2.05, 4.69) is 20.3 Å². The van der Waals surface area contributed by atoms with Gasteiger partial charge in [-0.2, -0.15) is 5.10 Å². The summed E-state index contributed by atoms with van der Waals surface area (Å²) in [6.07, 6.45) is 7.24. The Labute approximate surface area is 134 Å². The Hall–Kier alpha value is -1.99. The Morgan fingerprint density at radius 2 is 2.13 bits per heavy atom. The van der Waals surface area contributed by atoms with Crippen LogP contribution in [-0.2, 0) is 4.74 Å². The van der Waals surface area contributed by atoms with E-state index in [0.717, 1.165) is 13.1 Å². The summed E-state index contributed by atoms with van der Waals surface area (Å²) in [6, 6.07) is 3.80. The molecule has 0 aliphatic carbocycles. The molecule has 4 rings (SSSR count). The van der Waals surface area contributed by atoms with Gasteiger partial charge in [-0.1, -0.05) is 6.42 Å². The Kier molecular flexibility index (Phi) is 3.97. The molecule has 122 valence electrons. The quantitative estimate of drug-likeness (QED) is 0.903. The molecule has 0 aromatic carbocycles. The van der Waals surface area contributed by atoms with Crippen molar-refractivity contribution in [2.75, 3.05) is 26.3 Å². The van der Waals surface area contributed by atoms with Crippen molar-refractivity contribution in [3.63, 3.8) is 0 Å². The van der Waals surface area contributed by atoms with E-state index in [1.165, 1.54) is 19.3 Å². The normalized spacial score (nSPS) is 25.7. The Morgan fingerprint density at radius 3 is 2.96 bits per heavy atom. The zero-order valence-electron chi connectivity index (χ0n) is 13.0. The van der Waals surface area contributed by atoms with Crippen molar-refractivity contribution in [1.82, 2.24) is 24.8 Å². The van der Waals surface area contributed by atoms with Gasteiger partial charge in [-0.3, -0.25) is 9.69 Å². The second kappa shape index (κ2) is 6.25. The summed E-state index contributed by atoms with van der Waals surface area (Å²) in [5, 5.41) is 7.37. The van der Waals surface area contributed by atoms with Crippen LogP contribution >= 0.6 is 0 Å². The molecule has 0 spiro atoms. The smallest absolute Gasteiger partial charge is 0.272 e. The van der Waals surface area contributed by atoms with Crippen molar-refractivity contribution >= 4 is 11.6 Å². The highest BCUT2D eigenvalue weighted by atomic mass is 16.5. The molecular weight excluding hydrogens is 294 g/mol. The van der Waals surface area contributed by atoms with E-state index in [1.54, 1.807) is 29.0 Å². The fourth-order valence-electron chi connectivity index (χ4n) is 3.47. The number of aromatic nitrogens is 3. The van der Waals surface area contributed by atoms with E-state index in [9.17, 15) is 4.79 Å². The lowest BCUT2D eigenvalue weighted by atomic mass is 10.0. The molecule has 0 saturated carbocycles. The molecule has 2 aliphatic heterocycles. The predicted octanol–water partition coefficient (Wildman–Crippen LogP) is 0.712. The molecule has 2 aliphatic rings. The predicted molar refractivity (Wildman–Crippen MR) is 84.3 cm³/mol. The fraction of sp³-hybridized carbons (Fsp3) is 0.562. The number of hydrogen-bond acceptors (Lipinski definition) is 5. The SMILES string of the molecule is O=C(N[C@H]1COC[C@@H]1N1CCCCC1)c1cc2ncccn2n1. The van der Waals surface area contributed by atoms with E-state index in [4.69, 9.17) is 4.74 Å². The number of carbonyl (C=O) groups is 1. The number of likely N-dealkylation sites (tertiary alicyclic amines) is 1. The first-order chi connectivity index (χ1) is 11.3. The summed E-state index contributed by atoms with van der Waals surface area (Å²) < 4.78 is 7.24. The summed E-state index contributed by atoms with van der Waals surface area (Å²) in [6.45, 7) is 3.45. The zero-order valence-corrected chi connectivity index (χ0v) is 13.0. The highest BCUT2D eigenvalue weighted by Gasteiger charge is 2.35. The number of piperidine rings is 1. The minimum Gasteiger partial charge on any atom is -0.378 e. The van der Waals surface area contributed by atoms with Crippen molar-refractivity contribution in [3.05, 3.63) is 30.2 Å². The van der Waals surface area contributed by atoms with Crippen LogP contribution in [0, 0.1) is 0 Å². The molecule has 2 atom stereocenters. The van der Waals surface area contributed by atoms with Crippen molar-refractivity contribution in [2.45, 2.75) is 31.3 Å². The first-order valence-electron chi connectivity index (χ1n) is 8.24. The maximum atomic E-state index is 12.5.